The summed E-state index contributed by atoms with van der Waals surface area (Å²) in [5.41, 5.74) is 1.83. The number of para-hydroxylation sites is 1. The summed E-state index contributed by atoms with van der Waals surface area (Å²) in [7, 11) is 0. The van der Waals surface area contributed by atoms with Crippen molar-refractivity contribution in [2.24, 2.45) is 0 Å². The fourth-order valence-electron chi connectivity index (χ4n) is 4.05. The van der Waals surface area contributed by atoms with Crippen molar-refractivity contribution in [3.8, 4) is 17.1 Å². The molecule has 1 amide bonds. The standard InChI is InChI=1S/C23H26N4O/c1-17(2)26(19-13-9-10-14-19)23(28)21-24-22(18-11-5-3-6-12-18)27(25-21)20-15-7-4-8-16-20/h3-8,11-12,15-17,19H,9-10,13-14H2,1-2H3. The highest BCUT2D eigenvalue weighted by Crippen LogP contribution is 2.27. The molecule has 0 atom stereocenters. The van der Waals surface area contributed by atoms with E-state index in [9.17, 15) is 4.79 Å². The van der Waals surface area contributed by atoms with Gasteiger partial charge in [-0.15, -0.1) is 5.10 Å². The van der Waals surface area contributed by atoms with Crippen molar-refractivity contribution in [3.05, 3.63) is 66.5 Å². The Bertz CT molecular complexity index is 871. The Morgan fingerprint density at radius 3 is 2.21 bits per heavy atom. The second-order valence-electron chi connectivity index (χ2n) is 7.62. The molecule has 1 heterocycles. The summed E-state index contributed by atoms with van der Waals surface area (Å²) >= 11 is 0. The molecule has 0 saturated heterocycles. The van der Waals surface area contributed by atoms with Crippen molar-refractivity contribution in [2.45, 2.75) is 51.6 Å². The Hall–Kier alpha value is -2.95. The van der Waals surface area contributed by atoms with Gasteiger partial charge in [0.2, 0.25) is 5.82 Å². The van der Waals surface area contributed by atoms with Crippen LogP contribution in [0.5, 0.6) is 0 Å². The third kappa shape index (κ3) is 3.57. The van der Waals surface area contributed by atoms with E-state index in [0.717, 1.165) is 24.1 Å². The summed E-state index contributed by atoms with van der Waals surface area (Å²) in [5.74, 6) is 0.877. The fourth-order valence-corrected chi connectivity index (χ4v) is 4.05. The molecule has 1 fully saturated rings. The number of rotatable bonds is 5. The van der Waals surface area contributed by atoms with Crippen LogP contribution in [0.3, 0.4) is 0 Å². The molecule has 0 bridgehead atoms. The van der Waals surface area contributed by atoms with Gasteiger partial charge in [-0.25, -0.2) is 9.67 Å². The van der Waals surface area contributed by atoms with Crippen LogP contribution in [0.25, 0.3) is 17.1 Å². The molecule has 1 aliphatic rings. The average Bonchev–Trinajstić information content (AvgIpc) is 3.39. The second kappa shape index (κ2) is 7.97. The Kier molecular flexibility index (Phi) is 5.24. The minimum atomic E-state index is -0.0752. The van der Waals surface area contributed by atoms with E-state index in [1.54, 1.807) is 4.68 Å². The van der Waals surface area contributed by atoms with Gasteiger partial charge >= 0.3 is 0 Å². The Balaban J connectivity index is 1.77. The van der Waals surface area contributed by atoms with E-state index in [0.29, 0.717) is 5.82 Å². The number of carbonyl (C=O) groups excluding carboxylic acids is 1. The molecular formula is C23H26N4O. The van der Waals surface area contributed by atoms with Gasteiger partial charge in [0.25, 0.3) is 5.91 Å². The van der Waals surface area contributed by atoms with Crippen molar-refractivity contribution in [1.29, 1.82) is 0 Å². The number of nitrogens with zero attached hydrogens (tertiary/aromatic N) is 4. The zero-order valence-corrected chi connectivity index (χ0v) is 16.5. The first-order chi connectivity index (χ1) is 13.6. The van der Waals surface area contributed by atoms with E-state index in [1.165, 1.54) is 12.8 Å². The van der Waals surface area contributed by atoms with Gasteiger partial charge in [0.1, 0.15) is 0 Å². The molecular weight excluding hydrogens is 348 g/mol. The van der Waals surface area contributed by atoms with Crippen molar-refractivity contribution < 1.29 is 4.79 Å². The van der Waals surface area contributed by atoms with Crippen LogP contribution in [0.4, 0.5) is 0 Å². The normalized spacial score (nSPS) is 14.5. The first kappa shape index (κ1) is 18.4. The zero-order valence-electron chi connectivity index (χ0n) is 16.5. The number of benzene rings is 2. The van der Waals surface area contributed by atoms with Gasteiger partial charge in [0, 0.05) is 17.6 Å². The highest BCUT2D eigenvalue weighted by atomic mass is 16.2. The van der Waals surface area contributed by atoms with Crippen molar-refractivity contribution in [3.63, 3.8) is 0 Å². The van der Waals surface area contributed by atoms with Gasteiger partial charge in [0.05, 0.1) is 5.69 Å². The fraction of sp³-hybridized carbons (Fsp3) is 0.348. The molecule has 3 aromatic rings. The maximum atomic E-state index is 13.4. The van der Waals surface area contributed by atoms with Crippen LogP contribution in [-0.2, 0) is 0 Å². The summed E-state index contributed by atoms with van der Waals surface area (Å²) in [4.78, 5) is 20.1. The lowest BCUT2D eigenvalue weighted by Gasteiger charge is -2.31. The monoisotopic (exact) mass is 374 g/mol. The summed E-state index contributed by atoms with van der Waals surface area (Å²) in [5, 5.41) is 4.65. The third-order valence-electron chi connectivity index (χ3n) is 5.34. The first-order valence-corrected chi connectivity index (χ1v) is 10.1. The van der Waals surface area contributed by atoms with E-state index in [1.807, 2.05) is 65.6 Å². The Morgan fingerprint density at radius 1 is 1.00 bits per heavy atom. The summed E-state index contributed by atoms with van der Waals surface area (Å²) < 4.78 is 1.77. The van der Waals surface area contributed by atoms with Gasteiger partial charge in [0.15, 0.2) is 5.82 Å². The van der Waals surface area contributed by atoms with E-state index in [2.05, 4.69) is 18.9 Å². The molecule has 0 unspecified atom stereocenters. The summed E-state index contributed by atoms with van der Waals surface area (Å²) in [6.07, 6.45) is 4.49. The van der Waals surface area contributed by atoms with E-state index < -0.39 is 0 Å². The average molecular weight is 374 g/mol. The molecule has 5 nitrogen and oxygen atoms in total. The lowest BCUT2D eigenvalue weighted by molar-refractivity contribution is 0.0600. The maximum absolute atomic E-state index is 13.4. The lowest BCUT2D eigenvalue weighted by Crippen LogP contribution is -2.44. The molecule has 1 aliphatic carbocycles. The van der Waals surface area contributed by atoms with Crippen LogP contribution >= 0.6 is 0 Å². The Labute approximate surface area is 166 Å². The van der Waals surface area contributed by atoms with Gasteiger partial charge < -0.3 is 4.90 Å². The van der Waals surface area contributed by atoms with Crippen LogP contribution < -0.4 is 0 Å². The van der Waals surface area contributed by atoms with Gasteiger partial charge in [-0.05, 0) is 38.8 Å². The molecule has 0 spiro atoms. The lowest BCUT2D eigenvalue weighted by atomic mass is 10.1. The summed E-state index contributed by atoms with van der Waals surface area (Å²) in [6, 6.07) is 20.2. The largest absolute Gasteiger partial charge is 0.330 e. The predicted octanol–water partition coefficient (Wildman–Crippen LogP) is 4.73. The Morgan fingerprint density at radius 2 is 1.61 bits per heavy atom. The van der Waals surface area contributed by atoms with Crippen molar-refractivity contribution in [2.75, 3.05) is 0 Å². The smallest absolute Gasteiger partial charge is 0.294 e. The number of amides is 1. The van der Waals surface area contributed by atoms with Crippen LogP contribution in [0.15, 0.2) is 60.7 Å². The molecule has 144 valence electrons. The molecule has 1 saturated carbocycles. The van der Waals surface area contributed by atoms with Crippen LogP contribution in [0.1, 0.15) is 50.1 Å². The summed E-state index contributed by atoms with van der Waals surface area (Å²) in [6.45, 7) is 4.14. The molecule has 0 radical (unpaired) electrons. The van der Waals surface area contributed by atoms with Crippen LogP contribution in [0.2, 0.25) is 0 Å². The number of carbonyl (C=O) groups is 1. The molecule has 28 heavy (non-hydrogen) atoms. The molecule has 4 rings (SSSR count). The van der Waals surface area contributed by atoms with E-state index >= 15 is 0 Å². The second-order valence-corrected chi connectivity index (χ2v) is 7.62. The minimum absolute atomic E-state index is 0.0752. The zero-order chi connectivity index (χ0) is 19.5. The molecule has 1 aromatic heterocycles. The van der Waals surface area contributed by atoms with E-state index in [4.69, 9.17) is 4.98 Å². The quantitative estimate of drug-likeness (QED) is 0.649. The molecule has 0 aliphatic heterocycles. The number of hydrogen-bond acceptors (Lipinski definition) is 3. The topological polar surface area (TPSA) is 51.0 Å². The molecule has 2 aromatic carbocycles. The van der Waals surface area contributed by atoms with Crippen LogP contribution in [0, 0.1) is 0 Å². The van der Waals surface area contributed by atoms with Gasteiger partial charge in [-0.3, -0.25) is 4.79 Å². The highest BCUT2D eigenvalue weighted by Gasteiger charge is 2.32. The SMILES string of the molecule is CC(C)N(C(=O)c1nc(-c2ccccc2)n(-c2ccccc2)n1)C1CCCC1. The molecule has 0 N–H and O–H groups in total. The number of hydrogen-bond donors (Lipinski definition) is 0. The highest BCUT2D eigenvalue weighted by molar-refractivity contribution is 5.91. The van der Waals surface area contributed by atoms with Crippen LogP contribution in [-0.4, -0.2) is 37.7 Å². The van der Waals surface area contributed by atoms with E-state index in [-0.39, 0.29) is 23.8 Å². The van der Waals surface area contributed by atoms with Gasteiger partial charge in [-0.1, -0.05) is 61.4 Å². The van der Waals surface area contributed by atoms with Crippen molar-refractivity contribution in [1.82, 2.24) is 19.7 Å². The third-order valence-corrected chi connectivity index (χ3v) is 5.34. The van der Waals surface area contributed by atoms with Crippen molar-refractivity contribution >= 4 is 5.91 Å². The predicted molar refractivity (Wildman–Crippen MR) is 110 cm³/mol. The van der Waals surface area contributed by atoms with Gasteiger partial charge in [-0.2, -0.15) is 0 Å². The molecule has 5 heteroatoms. The number of aromatic nitrogens is 3. The first-order valence-electron chi connectivity index (χ1n) is 10.1. The minimum Gasteiger partial charge on any atom is -0.330 e. The maximum Gasteiger partial charge on any atom is 0.294 e.